The zero-order chi connectivity index (χ0) is 31.4. The molecule has 0 heterocycles. The van der Waals surface area contributed by atoms with Crippen LogP contribution >= 0.6 is 23.2 Å². The van der Waals surface area contributed by atoms with Gasteiger partial charge in [-0.25, -0.2) is 8.42 Å². The molecule has 0 saturated carbocycles. The lowest BCUT2D eigenvalue weighted by molar-refractivity contribution is -0.141. The van der Waals surface area contributed by atoms with Crippen LogP contribution < -0.4 is 14.4 Å². The number of nitrogens with one attached hydrogen (secondary N) is 1. The van der Waals surface area contributed by atoms with Crippen molar-refractivity contribution in [2.24, 2.45) is 0 Å². The van der Waals surface area contributed by atoms with E-state index < -0.39 is 16.1 Å². The number of carbonyl (C=O) groups excluding carboxylic acids is 2. The zero-order valence-corrected chi connectivity index (χ0v) is 27.1. The summed E-state index contributed by atoms with van der Waals surface area (Å²) in [6, 6.07) is 20.6. The first kappa shape index (κ1) is 34.2. The predicted molar refractivity (Wildman–Crippen MR) is 173 cm³/mol. The summed E-state index contributed by atoms with van der Waals surface area (Å²) < 4.78 is 32.1. The molecular formula is C32H39Cl2N3O5S. The minimum atomic E-state index is -3.62. The molecule has 232 valence electrons. The highest BCUT2D eigenvalue weighted by Gasteiger charge is 2.30. The highest BCUT2D eigenvalue weighted by atomic mass is 35.5. The van der Waals surface area contributed by atoms with Crippen LogP contribution in [0.4, 0.5) is 5.69 Å². The molecular weight excluding hydrogens is 609 g/mol. The number of ether oxygens (including phenoxy) is 1. The molecule has 0 spiro atoms. The Kier molecular flexibility index (Phi) is 13.2. The first-order chi connectivity index (χ1) is 20.5. The lowest BCUT2D eigenvalue weighted by Gasteiger charge is -2.32. The monoisotopic (exact) mass is 647 g/mol. The number of amides is 2. The molecule has 43 heavy (non-hydrogen) atoms. The van der Waals surface area contributed by atoms with Crippen LogP contribution in [-0.4, -0.2) is 57.1 Å². The number of benzene rings is 3. The Morgan fingerprint density at radius 2 is 1.63 bits per heavy atom. The number of hydrogen-bond donors (Lipinski definition) is 1. The third kappa shape index (κ3) is 10.4. The summed E-state index contributed by atoms with van der Waals surface area (Å²) in [5, 5.41) is 3.68. The van der Waals surface area contributed by atoms with Crippen molar-refractivity contribution in [2.75, 3.05) is 30.3 Å². The van der Waals surface area contributed by atoms with Crippen LogP contribution in [0, 0.1) is 0 Å². The normalized spacial score (nSPS) is 11.9. The summed E-state index contributed by atoms with van der Waals surface area (Å²) in [7, 11) is -3.62. The SMILES string of the molecule is CCCNC(=O)C(Cc1ccccc1)N(Cc1ccc(Cl)c(Cl)c1)C(=O)CCCN(c1ccc(OCC)cc1)S(C)(=O)=O. The molecule has 3 aromatic rings. The van der Waals surface area contributed by atoms with Crippen molar-refractivity contribution in [3.8, 4) is 5.75 Å². The fraction of sp³-hybridized carbons (Fsp3) is 0.375. The van der Waals surface area contributed by atoms with E-state index in [9.17, 15) is 18.0 Å². The molecule has 8 nitrogen and oxygen atoms in total. The van der Waals surface area contributed by atoms with Crippen LogP contribution in [0.5, 0.6) is 5.75 Å². The topological polar surface area (TPSA) is 96.0 Å². The molecule has 11 heteroatoms. The van der Waals surface area contributed by atoms with Crippen LogP contribution in [0.1, 0.15) is 44.2 Å². The van der Waals surface area contributed by atoms with Crippen molar-refractivity contribution in [1.29, 1.82) is 0 Å². The Hall–Kier alpha value is -3.27. The first-order valence-electron chi connectivity index (χ1n) is 14.3. The molecule has 1 atom stereocenters. The minimum absolute atomic E-state index is 0.0245. The Balaban J connectivity index is 1.87. The first-order valence-corrected chi connectivity index (χ1v) is 16.9. The second-order valence-electron chi connectivity index (χ2n) is 10.1. The number of halogens is 2. The highest BCUT2D eigenvalue weighted by Crippen LogP contribution is 2.26. The van der Waals surface area contributed by atoms with Crippen LogP contribution in [0.15, 0.2) is 72.8 Å². The van der Waals surface area contributed by atoms with Crippen molar-refractivity contribution >= 4 is 50.7 Å². The van der Waals surface area contributed by atoms with Gasteiger partial charge in [-0.3, -0.25) is 13.9 Å². The standard InChI is InChI=1S/C32H39Cl2N3O5S/c1-4-19-35-32(39)30(22-24-10-7-6-8-11-24)36(23-25-13-18-28(33)29(34)21-25)31(38)12-9-20-37(43(3,40)41)26-14-16-27(17-15-26)42-5-2/h6-8,10-11,13-18,21,30H,4-5,9,12,19-20,22-23H2,1-3H3,(H,35,39). The second kappa shape index (κ2) is 16.5. The quantitative estimate of drug-likeness (QED) is 0.203. The number of anilines is 1. The predicted octanol–water partition coefficient (Wildman–Crippen LogP) is 6.10. The van der Waals surface area contributed by atoms with Crippen molar-refractivity contribution in [3.63, 3.8) is 0 Å². The molecule has 3 rings (SSSR count). The Morgan fingerprint density at radius 3 is 2.23 bits per heavy atom. The molecule has 1 unspecified atom stereocenters. The maximum atomic E-state index is 13.9. The maximum Gasteiger partial charge on any atom is 0.243 e. The van der Waals surface area contributed by atoms with E-state index in [0.29, 0.717) is 41.1 Å². The molecule has 0 aliphatic rings. The van der Waals surface area contributed by atoms with Crippen molar-refractivity contribution < 1.29 is 22.7 Å². The number of hydrogen-bond acceptors (Lipinski definition) is 5. The van der Waals surface area contributed by atoms with Crippen molar-refractivity contribution in [1.82, 2.24) is 10.2 Å². The molecule has 0 aliphatic heterocycles. The van der Waals surface area contributed by atoms with E-state index in [-0.39, 0.29) is 37.7 Å². The summed E-state index contributed by atoms with van der Waals surface area (Å²) in [5.41, 5.74) is 2.10. The van der Waals surface area contributed by atoms with E-state index in [4.69, 9.17) is 27.9 Å². The fourth-order valence-corrected chi connectivity index (χ4v) is 5.92. The molecule has 0 aliphatic carbocycles. The average molecular weight is 649 g/mol. The molecule has 1 N–H and O–H groups in total. The van der Waals surface area contributed by atoms with Crippen molar-refractivity contribution in [2.45, 2.75) is 52.1 Å². The van der Waals surface area contributed by atoms with Crippen LogP contribution in [-0.2, 0) is 32.6 Å². The van der Waals surface area contributed by atoms with E-state index in [2.05, 4.69) is 5.32 Å². The van der Waals surface area contributed by atoms with Gasteiger partial charge in [0, 0.05) is 32.5 Å². The fourth-order valence-electron chi connectivity index (χ4n) is 4.63. The van der Waals surface area contributed by atoms with Crippen LogP contribution in [0.3, 0.4) is 0 Å². The van der Waals surface area contributed by atoms with Crippen LogP contribution in [0.25, 0.3) is 0 Å². The molecule has 2 amide bonds. The van der Waals surface area contributed by atoms with Gasteiger partial charge < -0.3 is 15.0 Å². The van der Waals surface area contributed by atoms with Gasteiger partial charge in [-0.1, -0.05) is 66.5 Å². The number of rotatable bonds is 16. The molecule has 0 saturated heterocycles. The Labute approximate surface area is 265 Å². The molecule has 0 radical (unpaired) electrons. The van der Waals surface area contributed by atoms with Gasteiger partial charge in [-0.05, 0) is 67.3 Å². The van der Waals surface area contributed by atoms with Gasteiger partial charge >= 0.3 is 0 Å². The Bertz CT molecular complexity index is 1450. The van der Waals surface area contributed by atoms with E-state index in [1.54, 1.807) is 47.4 Å². The number of sulfonamides is 1. The van der Waals surface area contributed by atoms with E-state index in [0.717, 1.165) is 23.8 Å². The summed E-state index contributed by atoms with van der Waals surface area (Å²) in [6.07, 6.45) is 2.46. The van der Waals surface area contributed by atoms with Crippen LogP contribution in [0.2, 0.25) is 10.0 Å². The molecule has 3 aromatic carbocycles. The van der Waals surface area contributed by atoms with Gasteiger partial charge in [0.2, 0.25) is 21.8 Å². The average Bonchev–Trinajstić information content (AvgIpc) is 2.98. The lowest BCUT2D eigenvalue weighted by atomic mass is 10.0. The lowest BCUT2D eigenvalue weighted by Crippen LogP contribution is -2.50. The third-order valence-corrected chi connectivity index (χ3v) is 8.68. The van der Waals surface area contributed by atoms with E-state index in [1.807, 2.05) is 44.2 Å². The number of carbonyl (C=O) groups is 2. The summed E-state index contributed by atoms with van der Waals surface area (Å²) in [5.74, 6) is 0.101. The number of nitrogens with zero attached hydrogens (tertiary/aromatic N) is 2. The zero-order valence-electron chi connectivity index (χ0n) is 24.8. The van der Waals surface area contributed by atoms with Gasteiger partial charge in [-0.2, -0.15) is 0 Å². The third-order valence-electron chi connectivity index (χ3n) is 6.75. The molecule has 0 bridgehead atoms. The van der Waals surface area contributed by atoms with E-state index >= 15 is 0 Å². The maximum absolute atomic E-state index is 13.9. The smallest absolute Gasteiger partial charge is 0.243 e. The van der Waals surface area contributed by atoms with Gasteiger partial charge in [0.05, 0.1) is 28.6 Å². The van der Waals surface area contributed by atoms with Crippen molar-refractivity contribution in [3.05, 3.63) is 94.0 Å². The van der Waals surface area contributed by atoms with Gasteiger partial charge in [-0.15, -0.1) is 0 Å². The van der Waals surface area contributed by atoms with E-state index in [1.165, 1.54) is 4.31 Å². The largest absolute Gasteiger partial charge is 0.494 e. The minimum Gasteiger partial charge on any atom is -0.494 e. The summed E-state index contributed by atoms with van der Waals surface area (Å²) >= 11 is 12.4. The van der Waals surface area contributed by atoms with Gasteiger partial charge in [0.25, 0.3) is 0 Å². The second-order valence-corrected chi connectivity index (χ2v) is 12.9. The molecule has 0 aromatic heterocycles. The summed E-state index contributed by atoms with van der Waals surface area (Å²) in [4.78, 5) is 28.9. The van der Waals surface area contributed by atoms with Gasteiger partial charge in [0.1, 0.15) is 11.8 Å². The summed E-state index contributed by atoms with van der Waals surface area (Å²) in [6.45, 7) is 5.02. The van der Waals surface area contributed by atoms with Gasteiger partial charge in [0.15, 0.2) is 0 Å². The molecule has 0 fully saturated rings. The Morgan fingerprint density at radius 1 is 0.930 bits per heavy atom. The highest BCUT2D eigenvalue weighted by molar-refractivity contribution is 7.92.